The Morgan fingerprint density at radius 3 is 2.92 bits per heavy atom. The predicted octanol–water partition coefficient (Wildman–Crippen LogP) is 4.80. The SMILES string of the molecule is Cc1ccc(NC(=O)CSc2ncnc3c2[nH]c2ccccc23)c(Cl)c1. The van der Waals surface area contributed by atoms with E-state index in [2.05, 4.69) is 20.3 Å². The van der Waals surface area contributed by atoms with Crippen LogP contribution in [-0.4, -0.2) is 26.6 Å². The van der Waals surface area contributed by atoms with Gasteiger partial charge in [-0.15, -0.1) is 0 Å². The van der Waals surface area contributed by atoms with E-state index in [0.29, 0.717) is 10.7 Å². The van der Waals surface area contributed by atoms with E-state index in [1.807, 2.05) is 43.3 Å². The number of carbonyl (C=O) groups is 1. The molecule has 0 fully saturated rings. The molecule has 0 saturated heterocycles. The molecule has 2 aromatic carbocycles. The molecule has 0 aliphatic rings. The van der Waals surface area contributed by atoms with Gasteiger partial charge in [-0.1, -0.05) is 47.6 Å². The van der Waals surface area contributed by atoms with Gasteiger partial charge in [0.05, 0.1) is 22.0 Å². The summed E-state index contributed by atoms with van der Waals surface area (Å²) in [5.74, 6) is 0.0923. The van der Waals surface area contributed by atoms with Crippen LogP contribution in [0.25, 0.3) is 21.9 Å². The van der Waals surface area contributed by atoms with Crippen molar-refractivity contribution in [2.24, 2.45) is 0 Å². The highest BCUT2D eigenvalue weighted by Crippen LogP contribution is 2.30. The van der Waals surface area contributed by atoms with Crippen molar-refractivity contribution < 1.29 is 4.79 Å². The number of halogens is 1. The van der Waals surface area contributed by atoms with E-state index in [0.717, 1.165) is 32.5 Å². The number of para-hydroxylation sites is 1. The van der Waals surface area contributed by atoms with Crippen LogP contribution >= 0.6 is 23.4 Å². The van der Waals surface area contributed by atoms with Crippen LogP contribution in [0.1, 0.15) is 5.56 Å². The molecular formula is C19H15ClN4OS. The number of carbonyl (C=O) groups excluding carboxylic acids is 1. The normalized spacial score (nSPS) is 11.2. The Bertz CT molecular complexity index is 1130. The number of aromatic amines is 1. The van der Waals surface area contributed by atoms with Crippen molar-refractivity contribution in [3.63, 3.8) is 0 Å². The van der Waals surface area contributed by atoms with E-state index in [1.165, 1.54) is 18.1 Å². The Labute approximate surface area is 159 Å². The van der Waals surface area contributed by atoms with E-state index < -0.39 is 0 Å². The highest BCUT2D eigenvalue weighted by molar-refractivity contribution is 8.00. The summed E-state index contributed by atoms with van der Waals surface area (Å²) in [6, 6.07) is 13.5. The average molecular weight is 383 g/mol. The van der Waals surface area contributed by atoms with Crippen molar-refractivity contribution in [1.29, 1.82) is 0 Å². The fraction of sp³-hybridized carbons (Fsp3) is 0.105. The molecule has 0 aliphatic heterocycles. The van der Waals surface area contributed by atoms with E-state index in [-0.39, 0.29) is 11.7 Å². The summed E-state index contributed by atoms with van der Waals surface area (Å²) in [6.45, 7) is 1.95. The second-order valence-corrected chi connectivity index (χ2v) is 7.26. The Hall–Kier alpha value is -2.57. The molecule has 0 unspecified atom stereocenters. The van der Waals surface area contributed by atoms with Gasteiger partial charge >= 0.3 is 0 Å². The van der Waals surface area contributed by atoms with Crippen LogP contribution in [0, 0.1) is 6.92 Å². The first kappa shape index (κ1) is 16.9. The minimum atomic E-state index is -0.136. The summed E-state index contributed by atoms with van der Waals surface area (Å²) < 4.78 is 0. The number of thioether (sulfide) groups is 1. The summed E-state index contributed by atoms with van der Waals surface area (Å²) in [5.41, 5.74) is 4.37. The number of fused-ring (bicyclic) bond motifs is 3. The molecule has 26 heavy (non-hydrogen) atoms. The molecule has 0 saturated carbocycles. The monoisotopic (exact) mass is 382 g/mol. The zero-order valence-electron chi connectivity index (χ0n) is 13.9. The van der Waals surface area contributed by atoms with Gasteiger partial charge in [-0.25, -0.2) is 9.97 Å². The van der Waals surface area contributed by atoms with Gasteiger partial charge in [-0.2, -0.15) is 0 Å². The second kappa shape index (κ2) is 6.97. The maximum atomic E-state index is 12.3. The lowest BCUT2D eigenvalue weighted by Crippen LogP contribution is -2.14. The number of benzene rings is 2. The fourth-order valence-electron chi connectivity index (χ4n) is 2.77. The molecule has 0 radical (unpaired) electrons. The number of aromatic nitrogens is 3. The Kier molecular flexibility index (Phi) is 4.53. The molecular weight excluding hydrogens is 368 g/mol. The van der Waals surface area contributed by atoms with Gasteiger partial charge in [0, 0.05) is 10.9 Å². The zero-order valence-corrected chi connectivity index (χ0v) is 15.5. The molecule has 2 aromatic heterocycles. The van der Waals surface area contributed by atoms with Crippen molar-refractivity contribution in [3.05, 3.63) is 59.4 Å². The van der Waals surface area contributed by atoms with Crippen LogP contribution in [0.4, 0.5) is 5.69 Å². The fourth-order valence-corrected chi connectivity index (χ4v) is 3.81. The molecule has 4 rings (SSSR count). The van der Waals surface area contributed by atoms with Gasteiger partial charge in [0.15, 0.2) is 0 Å². The average Bonchev–Trinajstić information content (AvgIpc) is 3.02. The predicted molar refractivity (Wildman–Crippen MR) is 107 cm³/mol. The van der Waals surface area contributed by atoms with Gasteiger partial charge in [0.2, 0.25) is 5.91 Å². The van der Waals surface area contributed by atoms with Crippen molar-refractivity contribution in [1.82, 2.24) is 15.0 Å². The topological polar surface area (TPSA) is 70.7 Å². The van der Waals surface area contributed by atoms with Gasteiger partial charge in [-0.3, -0.25) is 4.79 Å². The number of aryl methyl sites for hydroxylation is 1. The largest absolute Gasteiger partial charge is 0.351 e. The smallest absolute Gasteiger partial charge is 0.234 e. The number of hydrogen-bond acceptors (Lipinski definition) is 4. The summed E-state index contributed by atoms with van der Waals surface area (Å²) in [6.07, 6.45) is 1.53. The van der Waals surface area contributed by atoms with Gasteiger partial charge in [0.25, 0.3) is 0 Å². The molecule has 4 aromatic rings. The first-order chi connectivity index (χ1) is 12.6. The lowest BCUT2D eigenvalue weighted by Gasteiger charge is -2.07. The zero-order chi connectivity index (χ0) is 18.1. The summed E-state index contributed by atoms with van der Waals surface area (Å²) in [4.78, 5) is 24.3. The molecule has 1 amide bonds. The summed E-state index contributed by atoms with van der Waals surface area (Å²) in [7, 11) is 0. The molecule has 130 valence electrons. The standard InChI is InChI=1S/C19H15ClN4OS/c1-11-6-7-15(13(20)8-11)23-16(25)9-26-19-18-17(21-10-22-19)12-4-2-3-5-14(12)24-18/h2-8,10,24H,9H2,1H3,(H,23,25). The maximum Gasteiger partial charge on any atom is 0.234 e. The first-order valence-electron chi connectivity index (χ1n) is 8.02. The van der Waals surface area contributed by atoms with Crippen molar-refractivity contribution >= 4 is 56.9 Å². The molecule has 7 heteroatoms. The molecule has 0 aliphatic carbocycles. The van der Waals surface area contributed by atoms with Crippen molar-refractivity contribution in [2.45, 2.75) is 11.9 Å². The van der Waals surface area contributed by atoms with Crippen LogP contribution in [0.15, 0.2) is 53.8 Å². The van der Waals surface area contributed by atoms with Crippen LogP contribution < -0.4 is 5.32 Å². The lowest BCUT2D eigenvalue weighted by atomic mass is 10.2. The number of nitrogens with one attached hydrogen (secondary N) is 2. The van der Waals surface area contributed by atoms with Crippen LogP contribution in [-0.2, 0) is 4.79 Å². The maximum absolute atomic E-state index is 12.3. The molecule has 2 heterocycles. The van der Waals surface area contributed by atoms with E-state index in [9.17, 15) is 4.79 Å². The minimum Gasteiger partial charge on any atom is -0.351 e. The third-order valence-electron chi connectivity index (χ3n) is 3.99. The molecule has 0 spiro atoms. The number of rotatable bonds is 4. The van der Waals surface area contributed by atoms with Gasteiger partial charge in [-0.05, 0) is 30.7 Å². The molecule has 2 N–H and O–H groups in total. The molecule has 5 nitrogen and oxygen atoms in total. The van der Waals surface area contributed by atoms with Crippen LogP contribution in [0.2, 0.25) is 5.02 Å². The summed E-state index contributed by atoms with van der Waals surface area (Å²) >= 11 is 7.53. The van der Waals surface area contributed by atoms with E-state index in [4.69, 9.17) is 11.6 Å². The Morgan fingerprint density at radius 2 is 2.08 bits per heavy atom. The highest BCUT2D eigenvalue weighted by Gasteiger charge is 2.13. The Balaban J connectivity index is 1.53. The second-order valence-electron chi connectivity index (χ2n) is 5.89. The van der Waals surface area contributed by atoms with E-state index >= 15 is 0 Å². The number of nitrogens with zero attached hydrogens (tertiary/aromatic N) is 2. The molecule has 0 atom stereocenters. The third kappa shape index (κ3) is 3.25. The molecule has 0 bridgehead atoms. The van der Waals surface area contributed by atoms with Crippen LogP contribution in [0.3, 0.4) is 0 Å². The van der Waals surface area contributed by atoms with E-state index in [1.54, 1.807) is 6.07 Å². The van der Waals surface area contributed by atoms with Crippen molar-refractivity contribution in [3.8, 4) is 0 Å². The quantitative estimate of drug-likeness (QED) is 0.392. The van der Waals surface area contributed by atoms with Gasteiger partial charge in [0.1, 0.15) is 16.9 Å². The lowest BCUT2D eigenvalue weighted by molar-refractivity contribution is -0.113. The third-order valence-corrected chi connectivity index (χ3v) is 5.30. The van der Waals surface area contributed by atoms with Gasteiger partial charge < -0.3 is 10.3 Å². The number of amides is 1. The number of anilines is 1. The highest BCUT2D eigenvalue weighted by atomic mass is 35.5. The van der Waals surface area contributed by atoms with Crippen LogP contribution in [0.5, 0.6) is 0 Å². The number of hydrogen-bond donors (Lipinski definition) is 2. The van der Waals surface area contributed by atoms with Crippen molar-refractivity contribution in [2.75, 3.05) is 11.1 Å². The number of H-pyrrole nitrogens is 1. The Morgan fingerprint density at radius 1 is 1.23 bits per heavy atom. The first-order valence-corrected chi connectivity index (χ1v) is 9.38. The summed E-state index contributed by atoms with van der Waals surface area (Å²) in [5, 5.41) is 5.16. The minimum absolute atomic E-state index is 0.136.